The average Bonchev–Trinajstić information content (AvgIpc) is 2.50. The normalized spacial score (nSPS) is 10.3. The number of hydrogen-bond acceptors (Lipinski definition) is 3. The third-order valence-electron chi connectivity index (χ3n) is 2.84. The van der Waals surface area contributed by atoms with Gasteiger partial charge >= 0.3 is 0 Å². The first-order chi connectivity index (χ1) is 10.2. The molecule has 0 bridgehead atoms. The molecule has 21 heavy (non-hydrogen) atoms. The van der Waals surface area contributed by atoms with E-state index in [0.717, 1.165) is 27.8 Å². The van der Waals surface area contributed by atoms with Gasteiger partial charge in [0.15, 0.2) is 0 Å². The van der Waals surface area contributed by atoms with Crippen LogP contribution in [0.15, 0.2) is 53.6 Å². The van der Waals surface area contributed by atoms with E-state index in [-0.39, 0.29) is 5.91 Å². The Morgan fingerprint density at radius 3 is 2.71 bits per heavy atom. The van der Waals surface area contributed by atoms with E-state index in [4.69, 9.17) is 11.6 Å². The lowest BCUT2D eigenvalue weighted by Crippen LogP contribution is -2.26. The average molecular weight is 321 g/mol. The molecular formula is C16H17ClN2OS. The van der Waals surface area contributed by atoms with Crippen molar-refractivity contribution >= 4 is 29.3 Å². The predicted molar refractivity (Wildman–Crippen MR) is 87.7 cm³/mol. The van der Waals surface area contributed by atoms with Gasteiger partial charge in [0.2, 0.25) is 5.91 Å². The van der Waals surface area contributed by atoms with Crippen molar-refractivity contribution in [3.05, 3.63) is 59.4 Å². The smallest absolute Gasteiger partial charge is 0.220 e. The summed E-state index contributed by atoms with van der Waals surface area (Å²) in [6.45, 7) is 0.626. The molecule has 1 aromatic carbocycles. The van der Waals surface area contributed by atoms with E-state index >= 15 is 0 Å². The van der Waals surface area contributed by atoms with Gasteiger partial charge in [-0.2, -0.15) is 0 Å². The molecule has 0 aliphatic rings. The molecule has 2 rings (SSSR count). The van der Waals surface area contributed by atoms with Crippen LogP contribution < -0.4 is 5.32 Å². The number of hydrogen-bond donors (Lipinski definition) is 1. The summed E-state index contributed by atoms with van der Waals surface area (Å²) in [5.74, 6) is 0.837. The molecule has 1 amide bonds. The zero-order chi connectivity index (χ0) is 14.9. The number of rotatable bonds is 7. The Hall–Kier alpha value is -1.52. The van der Waals surface area contributed by atoms with Crippen LogP contribution in [0.5, 0.6) is 0 Å². The molecule has 110 valence electrons. The number of carbonyl (C=O) groups is 1. The SMILES string of the molecule is O=C(CCSc1ccc(Cl)cc1)NCCc1ccccn1. The largest absolute Gasteiger partial charge is 0.356 e. The van der Waals surface area contributed by atoms with Crippen LogP contribution in [0.2, 0.25) is 5.02 Å². The molecule has 1 aromatic heterocycles. The second-order valence-corrected chi connectivity index (χ2v) is 6.08. The maximum absolute atomic E-state index is 11.7. The van der Waals surface area contributed by atoms with Crippen LogP contribution in [-0.4, -0.2) is 23.2 Å². The second kappa shape index (κ2) is 8.70. The van der Waals surface area contributed by atoms with E-state index in [1.807, 2.05) is 42.5 Å². The predicted octanol–water partition coefficient (Wildman–Crippen LogP) is 3.58. The zero-order valence-electron chi connectivity index (χ0n) is 11.6. The van der Waals surface area contributed by atoms with Crippen molar-refractivity contribution in [2.24, 2.45) is 0 Å². The highest BCUT2D eigenvalue weighted by molar-refractivity contribution is 7.99. The van der Waals surface area contributed by atoms with Crippen LogP contribution in [0, 0.1) is 0 Å². The summed E-state index contributed by atoms with van der Waals surface area (Å²) in [4.78, 5) is 17.1. The van der Waals surface area contributed by atoms with Gasteiger partial charge in [0.05, 0.1) is 0 Å². The van der Waals surface area contributed by atoms with Gasteiger partial charge in [-0.25, -0.2) is 0 Å². The highest BCUT2D eigenvalue weighted by Crippen LogP contribution is 2.20. The van der Waals surface area contributed by atoms with E-state index in [9.17, 15) is 4.79 Å². The maximum atomic E-state index is 11.7. The molecule has 0 aliphatic heterocycles. The molecular weight excluding hydrogens is 304 g/mol. The number of nitrogens with zero attached hydrogens (tertiary/aromatic N) is 1. The lowest BCUT2D eigenvalue weighted by atomic mass is 10.2. The van der Waals surface area contributed by atoms with Gasteiger partial charge in [-0.15, -0.1) is 11.8 Å². The van der Waals surface area contributed by atoms with Gasteiger partial charge in [0.1, 0.15) is 0 Å². The van der Waals surface area contributed by atoms with E-state index < -0.39 is 0 Å². The minimum atomic E-state index is 0.0763. The monoisotopic (exact) mass is 320 g/mol. The fourth-order valence-electron chi connectivity index (χ4n) is 1.76. The Balaban J connectivity index is 1.60. The molecule has 1 N–H and O–H groups in total. The molecule has 5 heteroatoms. The number of amides is 1. The third-order valence-corrected chi connectivity index (χ3v) is 4.11. The molecule has 3 nitrogen and oxygen atoms in total. The van der Waals surface area contributed by atoms with Crippen molar-refractivity contribution in [1.82, 2.24) is 10.3 Å². The van der Waals surface area contributed by atoms with Gasteiger partial charge < -0.3 is 5.32 Å². The van der Waals surface area contributed by atoms with Gasteiger partial charge in [-0.1, -0.05) is 17.7 Å². The van der Waals surface area contributed by atoms with E-state index in [1.165, 1.54) is 0 Å². The molecule has 0 spiro atoms. The zero-order valence-corrected chi connectivity index (χ0v) is 13.2. The molecule has 0 fully saturated rings. The summed E-state index contributed by atoms with van der Waals surface area (Å²) < 4.78 is 0. The number of halogens is 1. The highest BCUT2D eigenvalue weighted by Gasteiger charge is 2.02. The summed E-state index contributed by atoms with van der Waals surface area (Å²) in [5, 5.41) is 3.64. The van der Waals surface area contributed by atoms with Crippen molar-refractivity contribution in [2.45, 2.75) is 17.7 Å². The van der Waals surface area contributed by atoms with E-state index in [1.54, 1.807) is 18.0 Å². The number of pyridine rings is 1. The first-order valence-electron chi connectivity index (χ1n) is 6.79. The van der Waals surface area contributed by atoms with Gasteiger partial charge in [0, 0.05) is 46.9 Å². The first-order valence-corrected chi connectivity index (χ1v) is 8.15. The number of nitrogens with one attached hydrogen (secondary N) is 1. The minimum Gasteiger partial charge on any atom is -0.356 e. The van der Waals surface area contributed by atoms with Crippen molar-refractivity contribution in [3.63, 3.8) is 0 Å². The summed E-state index contributed by atoms with van der Waals surface area (Å²) in [6.07, 6.45) is 3.03. The third kappa shape index (κ3) is 6.19. The first kappa shape index (κ1) is 15.9. The summed E-state index contributed by atoms with van der Waals surface area (Å²) in [7, 11) is 0. The van der Waals surface area contributed by atoms with Crippen LogP contribution in [0.1, 0.15) is 12.1 Å². The number of carbonyl (C=O) groups excluding carboxylic acids is 1. The lowest BCUT2D eigenvalue weighted by Gasteiger charge is -2.05. The van der Waals surface area contributed by atoms with Crippen LogP contribution in [0.3, 0.4) is 0 Å². The van der Waals surface area contributed by atoms with Crippen molar-refractivity contribution in [1.29, 1.82) is 0 Å². The quantitative estimate of drug-likeness (QED) is 0.793. The molecule has 2 aromatic rings. The van der Waals surface area contributed by atoms with Crippen LogP contribution in [-0.2, 0) is 11.2 Å². The van der Waals surface area contributed by atoms with Crippen LogP contribution in [0.4, 0.5) is 0 Å². The standard InChI is InChI=1S/C16H17ClN2OS/c17-13-4-6-15(7-5-13)21-12-9-16(20)19-11-8-14-3-1-2-10-18-14/h1-7,10H,8-9,11-12H2,(H,19,20). The number of aromatic nitrogens is 1. The molecule has 1 heterocycles. The molecule has 0 aliphatic carbocycles. The Morgan fingerprint density at radius 1 is 1.19 bits per heavy atom. The maximum Gasteiger partial charge on any atom is 0.220 e. The Labute approximate surface area is 134 Å². The highest BCUT2D eigenvalue weighted by atomic mass is 35.5. The van der Waals surface area contributed by atoms with E-state index in [2.05, 4.69) is 10.3 Å². The Bertz CT molecular complexity index is 560. The number of thioether (sulfide) groups is 1. The minimum absolute atomic E-state index is 0.0763. The lowest BCUT2D eigenvalue weighted by molar-refractivity contribution is -0.120. The van der Waals surface area contributed by atoms with Crippen LogP contribution >= 0.6 is 23.4 Å². The fraction of sp³-hybridized carbons (Fsp3) is 0.250. The summed E-state index contributed by atoms with van der Waals surface area (Å²) in [5.41, 5.74) is 0.994. The molecule has 0 unspecified atom stereocenters. The summed E-state index contributed by atoms with van der Waals surface area (Å²) >= 11 is 7.48. The van der Waals surface area contributed by atoms with Gasteiger partial charge in [-0.3, -0.25) is 9.78 Å². The number of benzene rings is 1. The Kier molecular flexibility index (Phi) is 6.57. The fourth-order valence-corrected chi connectivity index (χ4v) is 2.73. The molecule has 0 atom stereocenters. The van der Waals surface area contributed by atoms with E-state index in [0.29, 0.717) is 13.0 Å². The van der Waals surface area contributed by atoms with Crippen LogP contribution in [0.25, 0.3) is 0 Å². The molecule has 0 saturated heterocycles. The van der Waals surface area contributed by atoms with Gasteiger partial charge in [0.25, 0.3) is 0 Å². The van der Waals surface area contributed by atoms with Crippen molar-refractivity contribution < 1.29 is 4.79 Å². The summed E-state index contributed by atoms with van der Waals surface area (Å²) in [6, 6.07) is 13.4. The van der Waals surface area contributed by atoms with Gasteiger partial charge in [-0.05, 0) is 36.4 Å². The van der Waals surface area contributed by atoms with Crippen molar-refractivity contribution in [2.75, 3.05) is 12.3 Å². The second-order valence-electron chi connectivity index (χ2n) is 4.47. The molecule has 0 saturated carbocycles. The topological polar surface area (TPSA) is 42.0 Å². The Morgan fingerprint density at radius 2 is 2.00 bits per heavy atom. The molecule has 0 radical (unpaired) electrons. The van der Waals surface area contributed by atoms with Crippen molar-refractivity contribution in [3.8, 4) is 0 Å².